The minimum Gasteiger partial charge on any atom is -0.497 e. The summed E-state index contributed by atoms with van der Waals surface area (Å²) in [5.41, 5.74) is 5.93. The summed E-state index contributed by atoms with van der Waals surface area (Å²) in [6, 6.07) is 24.5. The number of halogens is 1. The van der Waals surface area contributed by atoms with E-state index in [9.17, 15) is 9.59 Å². The van der Waals surface area contributed by atoms with Gasteiger partial charge in [0.25, 0.3) is 5.91 Å². The van der Waals surface area contributed by atoms with Crippen LogP contribution in [0.4, 0.5) is 0 Å². The molecule has 0 saturated carbocycles. The lowest BCUT2D eigenvalue weighted by Crippen LogP contribution is -2.19. The third kappa shape index (κ3) is 6.68. The first kappa shape index (κ1) is 30.2. The van der Waals surface area contributed by atoms with E-state index in [1.807, 2.05) is 50.2 Å². The van der Waals surface area contributed by atoms with Crippen molar-refractivity contribution < 1.29 is 28.5 Å². The second kappa shape index (κ2) is 13.8. The van der Waals surface area contributed by atoms with Gasteiger partial charge in [-0.1, -0.05) is 35.9 Å². The van der Waals surface area contributed by atoms with Gasteiger partial charge >= 0.3 is 5.97 Å². The molecule has 44 heavy (non-hydrogen) atoms. The number of amides is 1. The fourth-order valence-electron chi connectivity index (χ4n) is 4.63. The molecule has 224 valence electrons. The maximum Gasteiger partial charge on any atom is 0.343 e. The van der Waals surface area contributed by atoms with Crippen molar-refractivity contribution in [3.63, 3.8) is 0 Å². The van der Waals surface area contributed by atoms with Gasteiger partial charge in [0.1, 0.15) is 17.2 Å². The number of ether oxygens (including phenoxy) is 4. The summed E-state index contributed by atoms with van der Waals surface area (Å²) in [4.78, 5) is 29.4. The van der Waals surface area contributed by atoms with Crippen molar-refractivity contribution in [3.8, 4) is 34.1 Å². The Kier molecular flexibility index (Phi) is 9.46. The SMILES string of the molecule is CCOc1ccc2[nH]c(C(=O)NN=Cc3ccc(OC(=O)c4cccc(OC)c4)c(OCC)c3)c(-c3ccccc3Cl)c2c1. The Hall–Kier alpha value is -5.28. The summed E-state index contributed by atoms with van der Waals surface area (Å²) >= 11 is 6.56. The first-order chi connectivity index (χ1) is 21.4. The molecular formula is C34H30ClN3O6. The number of aromatic nitrogens is 1. The van der Waals surface area contributed by atoms with E-state index in [4.69, 9.17) is 30.5 Å². The third-order valence-corrected chi connectivity index (χ3v) is 6.94. The predicted molar refractivity (Wildman–Crippen MR) is 171 cm³/mol. The van der Waals surface area contributed by atoms with Gasteiger partial charge in [0.15, 0.2) is 11.5 Å². The molecule has 0 aliphatic rings. The summed E-state index contributed by atoms with van der Waals surface area (Å²) in [5.74, 6) is 0.800. The van der Waals surface area contributed by atoms with Gasteiger partial charge < -0.3 is 23.9 Å². The van der Waals surface area contributed by atoms with Crippen LogP contribution < -0.4 is 24.4 Å². The number of methoxy groups -OCH3 is 1. The minimum atomic E-state index is -0.556. The molecule has 0 unspecified atom stereocenters. The number of fused-ring (bicyclic) bond motifs is 1. The molecule has 5 aromatic rings. The molecule has 1 amide bonds. The molecule has 0 aliphatic carbocycles. The molecule has 0 atom stereocenters. The molecule has 5 rings (SSSR count). The van der Waals surface area contributed by atoms with Crippen molar-refractivity contribution in [3.05, 3.63) is 107 Å². The number of nitrogens with zero attached hydrogens (tertiary/aromatic N) is 1. The first-order valence-corrected chi connectivity index (χ1v) is 14.3. The number of rotatable bonds is 11. The van der Waals surface area contributed by atoms with Gasteiger partial charge in [0.05, 0.1) is 32.1 Å². The monoisotopic (exact) mass is 611 g/mol. The number of carbonyl (C=O) groups is 2. The van der Waals surface area contributed by atoms with Crippen LogP contribution in [0, 0.1) is 0 Å². The number of hydrogen-bond acceptors (Lipinski definition) is 7. The Balaban J connectivity index is 1.38. The summed E-state index contributed by atoms with van der Waals surface area (Å²) < 4.78 is 22.2. The Labute approximate surface area is 259 Å². The normalized spacial score (nSPS) is 11.0. The molecule has 0 fully saturated rings. The number of hydrogen-bond donors (Lipinski definition) is 2. The van der Waals surface area contributed by atoms with Gasteiger partial charge in [0, 0.05) is 27.1 Å². The maximum absolute atomic E-state index is 13.4. The number of H-pyrrole nitrogens is 1. The third-order valence-electron chi connectivity index (χ3n) is 6.61. The highest BCUT2D eigenvalue weighted by atomic mass is 35.5. The van der Waals surface area contributed by atoms with Crippen molar-refractivity contribution in [2.24, 2.45) is 5.10 Å². The topological polar surface area (TPSA) is 111 Å². The zero-order valence-corrected chi connectivity index (χ0v) is 25.1. The summed E-state index contributed by atoms with van der Waals surface area (Å²) in [5, 5.41) is 5.46. The van der Waals surface area contributed by atoms with Gasteiger partial charge in [-0.2, -0.15) is 5.10 Å². The van der Waals surface area contributed by atoms with Crippen LogP contribution in [0.3, 0.4) is 0 Å². The highest BCUT2D eigenvalue weighted by molar-refractivity contribution is 6.34. The van der Waals surface area contributed by atoms with Crippen LogP contribution in [-0.4, -0.2) is 43.4 Å². The van der Waals surface area contributed by atoms with Crippen molar-refractivity contribution in [1.29, 1.82) is 0 Å². The predicted octanol–water partition coefficient (Wildman–Crippen LogP) is 7.28. The fourth-order valence-corrected chi connectivity index (χ4v) is 4.86. The van der Waals surface area contributed by atoms with E-state index in [1.165, 1.54) is 13.3 Å². The Morgan fingerprint density at radius 1 is 0.886 bits per heavy atom. The first-order valence-electron chi connectivity index (χ1n) is 13.9. The zero-order chi connectivity index (χ0) is 31.1. The van der Waals surface area contributed by atoms with Crippen molar-refractivity contribution in [1.82, 2.24) is 10.4 Å². The van der Waals surface area contributed by atoms with Crippen molar-refractivity contribution in [2.45, 2.75) is 13.8 Å². The molecule has 9 nitrogen and oxygen atoms in total. The standard InChI is InChI=1S/C34H30ClN3O6/c1-4-42-24-14-15-28-26(19-24)31(25-11-6-7-12-27(25)35)32(37-28)33(39)38-36-20-21-13-16-29(30(17-21)43-5-2)44-34(40)22-9-8-10-23(18-22)41-3/h6-20,37H,4-5H2,1-3H3,(H,38,39). The van der Waals surface area contributed by atoms with Crippen molar-refractivity contribution >= 4 is 40.6 Å². The number of carbonyl (C=O) groups excluding carboxylic acids is 2. The van der Waals surface area contributed by atoms with E-state index < -0.39 is 11.9 Å². The molecule has 1 heterocycles. The molecule has 0 spiro atoms. The van der Waals surface area contributed by atoms with Gasteiger partial charge in [0.2, 0.25) is 0 Å². The van der Waals surface area contributed by atoms with E-state index in [1.54, 1.807) is 48.5 Å². The summed E-state index contributed by atoms with van der Waals surface area (Å²) in [6.45, 7) is 4.59. The van der Waals surface area contributed by atoms with Crippen LogP contribution in [0.25, 0.3) is 22.0 Å². The molecule has 4 aromatic carbocycles. The largest absolute Gasteiger partial charge is 0.497 e. The van der Waals surface area contributed by atoms with Gasteiger partial charge in [-0.3, -0.25) is 4.79 Å². The lowest BCUT2D eigenvalue weighted by Gasteiger charge is -2.12. The number of nitrogens with one attached hydrogen (secondary N) is 2. The van der Waals surface area contributed by atoms with E-state index in [0.29, 0.717) is 63.4 Å². The molecule has 0 aliphatic heterocycles. The fraction of sp³-hybridized carbons (Fsp3) is 0.147. The zero-order valence-electron chi connectivity index (χ0n) is 24.3. The quantitative estimate of drug-likeness (QED) is 0.0703. The van der Waals surface area contributed by atoms with Crippen LogP contribution in [-0.2, 0) is 0 Å². The van der Waals surface area contributed by atoms with Crippen LogP contribution >= 0.6 is 11.6 Å². The van der Waals surface area contributed by atoms with E-state index in [2.05, 4.69) is 15.5 Å². The highest BCUT2D eigenvalue weighted by Gasteiger charge is 2.21. The summed E-state index contributed by atoms with van der Waals surface area (Å²) in [7, 11) is 1.52. The van der Waals surface area contributed by atoms with Gasteiger partial charge in [-0.15, -0.1) is 0 Å². The van der Waals surface area contributed by atoms with E-state index in [0.717, 1.165) is 10.9 Å². The van der Waals surface area contributed by atoms with Crippen molar-refractivity contribution in [2.75, 3.05) is 20.3 Å². The summed E-state index contributed by atoms with van der Waals surface area (Å²) in [6.07, 6.45) is 1.47. The van der Waals surface area contributed by atoms with Crippen LogP contribution in [0.5, 0.6) is 23.0 Å². The maximum atomic E-state index is 13.4. The molecular weight excluding hydrogens is 582 g/mol. The second-order valence-corrected chi connectivity index (χ2v) is 9.86. The van der Waals surface area contributed by atoms with Crippen LogP contribution in [0.15, 0.2) is 90.0 Å². The average Bonchev–Trinajstić information content (AvgIpc) is 3.41. The minimum absolute atomic E-state index is 0.245. The average molecular weight is 612 g/mol. The molecule has 0 bridgehead atoms. The van der Waals surface area contributed by atoms with Gasteiger partial charge in [-0.25, -0.2) is 10.2 Å². The highest BCUT2D eigenvalue weighted by Crippen LogP contribution is 2.38. The molecule has 0 radical (unpaired) electrons. The number of aromatic amines is 1. The number of benzene rings is 4. The van der Waals surface area contributed by atoms with Crippen LogP contribution in [0.1, 0.15) is 40.3 Å². The Morgan fingerprint density at radius 3 is 2.48 bits per heavy atom. The van der Waals surface area contributed by atoms with Crippen LogP contribution in [0.2, 0.25) is 5.02 Å². The Bertz CT molecular complexity index is 1850. The Morgan fingerprint density at radius 2 is 1.70 bits per heavy atom. The van der Waals surface area contributed by atoms with E-state index in [-0.39, 0.29) is 5.75 Å². The molecule has 2 N–H and O–H groups in total. The van der Waals surface area contributed by atoms with E-state index >= 15 is 0 Å². The number of esters is 1. The van der Waals surface area contributed by atoms with Gasteiger partial charge in [-0.05, 0) is 80.1 Å². The number of hydrazone groups is 1. The lowest BCUT2D eigenvalue weighted by atomic mass is 10.0. The lowest BCUT2D eigenvalue weighted by molar-refractivity contribution is 0.0727. The molecule has 0 saturated heterocycles. The smallest absolute Gasteiger partial charge is 0.343 e. The molecule has 10 heteroatoms. The molecule has 1 aromatic heterocycles. The second-order valence-electron chi connectivity index (χ2n) is 9.46.